The Morgan fingerprint density at radius 3 is 2.81 bits per heavy atom. The number of nitrogens with zero attached hydrogens (tertiary/aromatic N) is 5. The Hall–Kier alpha value is -4.60. The Morgan fingerprint density at radius 1 is 1.19 bits per heavy atom. The van der Waals surface area contributed by atoms with Crippen molar-refractivity contribution in [3.8, 4) is 5.69 Å². The van der Waals surface area contributed by atoms with Gasteiger partial charge in [-0.25, -0.2) is 14.4 Å². The number of allylic oxidation sites excluding steroid dienone is 1. The van der Waals surface area contributed by atoms with Gasteiger partial charge in [0.1, 0.15) is 23.9 Å². The number of halogens is 1. The lowest BCUT2D eigenvalue weighted by atomic mass is 9.96. The molecule has 0 aliphatic carbocycles. The van der Waals surface area contributed by atoms with Crippen LogP contribution in [0.4, 0.5) is 4.39 Å². The SMILES string of the molecule is Cc1cccc2cc(CN3N=C(/C=C4/CCNC4=O)C4C(N)=NC=NC43)n(-c3ccccc3F)c(=O)c12. The summed E-state index contributed by atoms with van der Waals surface area (Å²) in [5, 5.41) is 10.6. The zero-order valence-corrected chi connectivity index (χ0v) is 20.1. The number of amidine groups is 1. The second-order valence-corrected chi connectivity index (χ2v) is 9.27. The van der Waals surface area contributed by atoms with Gasteiger partial charge in [-0.2, -0.15) is 5.10 Å². The van der Waals surface area contributed by atoms with E-state index in [1.54, 1.807) is 29.3 Å². The topological polar surface area (TPSA) is 117 Å². The van der Waals surface area contributed by atoms with Crippen molar-refractivity contribution in [3.63, 3.8) is 0 Å². The molecule has 0 spiro atoms. The van der Waals surface area contributed by atoms with E-state index in [-0.39, 0.29) is 23.7 Å². The molecule has 6 rings (SSSR count). The first-order chi connectivity index (χ1) is 17.9. The standard InChI is InChI=1S/C27H24FN7O2/c1-15-5-4-6-16-11-18(35(27(37)22(15)16)21-8-3-2-7-19(21)28)13-34-25-23(24(29)31-14-32-25)20(33-34)12-17-9-10-30-26(17)36/h2-8,11-12,14,23,25H,9-10,13H2,1H3,(H,30,36)(H2,29,31,32)/b17-12-. The number of pyridine rings is 1. The summed E-state index contributed by atoms with van der Waals surface area (Å²) >= 11 is 0. The maximum atomic E-state index is 15.0. The van der Waals surface area contributed by atoms with Gasteiger partial charge < -0.3 is 11.1 Å². The van der Waals surface area contributed by atoms with Gasteiger partial charge in [-0.05, 0) is 48.6 Å². The summed E-state index contributed by atoms with van der Waals surface area (Å²) in [6, 6.07) is 13.7. The van der Waals surface area contributed by atoms with Crippen LogP contribution in [0.25, 0.3) is 16.5 Å². The number of carbonyl (C=O) groups excluding carboxylic acids is 1. The van der Waals surface area contributed by atoms with Gasteiger partial charge in [-0.1, -0.05) is 30.3 Å². The fourth-order valence-corrected chi connectivity index (χ4v) is 5.18. The van der Waals surface area contributed by atoms with Crippen LogP contribution >= 0.6 is 0 Å². The van der Waals surface area contributed by atoms with Crippen LogP contribution in [0, 0.1) is 18.7 Å². The monoisotopic (exact) mass is 497 g/mol. The predicted molar refractivity (Wildman–Crippen MR) is 140 cm³/mol. The predicted octanol–water partition coefficient (Wildman–Crippen LogP) is 2.40. The normalized spacial score (nSPS) is 21.8. The zero-order chi connectivity index (χ0) is 25.7. The number of aliphatic imine (C=N–C) groups is 2. The number of hydrogen-bond acceptors (Lipinski definition) is 7. The van der Waals surface area contributed by atoms with E-state index in [1.165, 1.54) is 17.0 Å². The number of para-hydroxylation sites is 1. The highest BCUT2D eigenvalue weighted by Crippen LogP contribution is 2.30. The molecule has 2 atom stereocenters. The van der Waals surface area contributed by atoms with Crippen LogP contribution in [0.2, 0.25) is 0 Å². The number of nitrogens with two attached hydrogens (primary N) is 1. The number of aromatic nitrogens is 1. The highest BCUT2D eigenvalue weighted by Gasteiger charge is 2.41. The van der Waals surface area contributed by atoms with Crippen LogP contribution in [0.3, 0.4) is 0 Å². The van der Waals surface area contributed by atoms with Crippen LogP contribution in [0.5, 0.6) is 0 Å². The van der Waals surface area contributed by atoms with Gasteiger partial charge in [0.05, 0.1) is 23.3 Å². The first-order valence-electron chi connectivity index (χ1n) is 12.0. The Bertz CT molecular complexity index is 1640. The molecule has 10 heteroatoms. The zero-order valence-electron chi connectivity index (χ0n) is 20.1. The number of fused-ring (bicyclic) bond motifs is 2. The number of benzene rings is 2. The first kappa shape index (κ1) is 22.8. The molecule has 37 heavy (non-hydrogen) atoms. The molecule has 3 aliphatic rings. The molecule has 3 N–H and O–H groups in total. The molecule has 1 aromatic heterocycles. The van der Waals surface area contributed by atoms with E-state index < -0.39 is 17.9 Å². The number of carbonyl (C=O) groups is 1. The quantitative estimate of drug-likeness (QED) is 0.538. The number of amides is 1. The minimum absolute atomic E-state index is 0.134. The van der Waals surface area contributed by atoms with Gasteiger partial charge in [-0.3, -0.25) is 19.2 Å². The van der Waals surface area contributed by atoms with Crippen LogP contribution < -0.4 is 16.6 Å². The molecule has 0 saturated carbocycles. The minimum Gasteiger partial charge on any atom is -0.386 e. The Morgan fingerprint density at radius 2 is 2.03 bits per heavy atom. The fraction of sp³-hybridized carbons (Fsp3) is 0.222. The molecule has 186 valence electrons. The van der Waals surface area contributed by atoms with E-state index >= 15 is 0 Å². The van der Waals surface area contributed by atoms with Gasteiger partial charge in [0, 0.05) is 17.8 Å². The summed E-state index contributed by atoms with van der Waals surface area (Å²) in [5.41, 5.74) is 8.64. The summed E-state index contributed by atoms with van der Waals surface area (Å²) in [4.78, 5) is 34.6. The van der Waals surface area contributed by atoms with Gasteiger partial charge in [-0.15, -0.1) is 0 Å². The number of hydrogen-bond donors (Lipinski definition) is 2. The number of hydrazone groups is 1. The maximum Gasteiger partial charge on any atom is 0.263 e. The van der Waals surface area contributed by atoms with Gasteiger partial charge in [0.25, 0.3) is 5.56 Å². The number of nitrogens with one attached hydrogen (secondary N) is 1. The second-order valence-electron chi connectivity index (χ2n) is 9.27. The molecule has 2 aromatic carbocycles. The van der Waals surface area contributed by atoms with Crippen molar-refractivity contribution in [1.82, 2.24) is 14.9 Å². The van der Waals surface area contributed by atoms with Crippen LogP contribution in [-0.2, 0) is 11.3 Å². The molecule has 1 fully saturated rings. The molecular formula is C27H24FN7O2. The summed E-state index contributed by atoms with van der Waals surface area (Å²) < 4.78 is 16.4. The van der Waals surface area contributed by atoms with Gasteiger partial charge in [0.15, 0.2) is 6.17 Å². The minimum atomic E-state index is -0.508. The molecular weight excluding hydrogens is 473 g/mol. The molecule has 0 bridgehead atoms. The summed E-state index contributed by atoms with van der Waals surface area (Å²) in [6.07, 6.45) is 3.22. The van der Waals surface area contributed by atoms with Gasteiger partial charge >= 0.3 is 0 Å². The van der Waals surface area contributed by atoms with Crippen molar-refractivity contribution in [3.05, 3.63) is 87.6 Å². The van der Waals surface area contributed by atoms with Crippen LogP contribution in [0.1, 0.15) is 17.7 Å². The largest absolute Gasteiger partial charge is 0.386 e. The Balaban J connectivity index is 1.50. The third kappa shape index (κ3) is 3.81. The van der Waals surface area contributed by atoms with Crippen molar-refractivity contribution >= 4 is 34.6 Å². The number of rotatable bonds is 4. The average Bonchev–Trinajstić information content (AvgIpc) is 3.44. The molecule has 3 aromatic rings. The van der Waals surface area contributed by atoms with Crippen molar-refractivity contribution in [2.24, 2.45) is 26.7 Å². The highest BCUT2D eigenvalue weighted by molar-refractivity contribution is 6.16. The first-order valence-corrected chi connectivity index (χ1v) is 12.0. The third-order valence-corrected chi connectivity index (χ3v) is 6.95. The van der Waals surface area contributed by atoms with E-state index in [1.807, 2.05) is 31.2 Å². The Kier molecular flexibility index (Phi) is 5.44. The highest BCUT2D eigenvalue weighted by atomic mass is 19.1. The lowest BCUT2D eigenvalue weighted by Crippen LogP contribution is -2.42. The lowest BCUT2D eigenvalue weighted by molar-refractivity contribution is -0.116. The van der Waals surface area contributed by atoms with E-state index in [0.717, 1.165) is 10.9 Å². The average molecular weight is 498 g/mol. The van der Waals surface area contributed by atoms with E-state index in [9.17, 15) is 14.0 Å². The molecule has 9 nitrogen and oxygen atoms in total. The summed E-state index contributed by atoms with van der Waals surface area (Å²) in [7, 11) is 0. The van der Waals surface area contributed by atoms with Crippen molar-refractivity contribution in [2.75, 3.05) is 6.54 Å². The third-order valence-electron chi connectivity index (χ3n) is 6.95. The van der Waals surface area contributed by atoms with Crippen molar-refractivity contribution in [1.29, 1.82) is 0 Å². The molecule has 1 saturated heterocycles. The van der Waals surface area contributed by atoms with E-state index in [0.29, 0.717) is 41.2 Å². The molecule has 0 radical (unpaired) electrons. The fourth-order valence-electron chi connectivity index (χ4n) is 5.18. The van der Waals surface area contributed by atoms with E-state index in [4.69, 9.17) is 10.8 Å². The van der Waals surface area contributed by atoms with Crippen molar-refractivity contribution < 1.29 is 9.18 Å². The van der Waals surface area contributed by atoms with Gasteiger partial charge in [0.2, 0.25) is 5.91 Å². The van der Waals surface area contributed by atoms with Crippen LogP contribution in [-0.4, -0.2) is 46.1 Å². The molecule has 3 aliphatic heterocycles. The summed E-state index contributed by atoms with van der Waals surface area (Å²) in [5.74, 6) is -0.739. The maximum absolute atomic E-state index is 15.0. The van der Waals surface area contributed by atoms with Crippen molar-refractivity contribution in [2.45, 2.75) is 26.1 Å². The van der Waals surface area contributed by atoms with Crippen LogP contribution in [0.15, 0.2) is 80.1 Å². The summed E-state index contributed by atoms with van der Waals surface area (Å²) in [6.45, 7) is 2.59. The smallest absolute Gasteiger partial charge is 0.263 e. The molecule has 1 amide bonds. The molecule has 2 unspecified atom stereocenters. The van der Waals surface area contributed by atoms with E-state index in [2.05, 4.69) is 15.3 Å². The lowest BCUT2D eigenvalue weighted by Gasteiger charge is -2.27. The molecule has 4 heterocycles. The Labute approximate surface area is 211 Å². The number of aryl methyl sites for hydroxylation is 1. The second kappa shape index (κ2) is 8.81.